The quantitative estimate of drug-likeness (QED) is 0.748. The number of aromatic nitrogens is 2. The third-order valence-corrected chi connectivity index (χ3v) is 3.00. The monoisotopic (exact) mass is 263 g/mol. The van der Waals surface area contributed by atoms with Gasteiger partial charge in [0.1, 0.15) is 11.6 Å². The third kappa shape index (κ3) is 4.15. The first-order valence-corrected chi connectivity index (χ1v) is 6.30. The minimum atomic E-state index is -0.597. The van der Waals surface area contributed by atoms with Crippen molar-refractivity contribution in [1.82, 2.24) is 15.3 Å². The molecule has 0 amide bonds. The molecule has 2 atom stereocenters. The summed E-state index contributed by atoms with van der Waals surface area (Å²) in [5.74, 6) is 0.572. The molecular weight excluding hydrogens is 245 g/mol. The standard InChI is InChI=1S/C14H18FN3O/c1-10(18-9-14-16-6-7-17-14)8-13(19)11-2-4-12(15)5-3-11/h2-7,10,13,18-19H,8-9H2,1H3,(H,16,17)/t10-,13-/m1/s1. The molecule has 0 spiro atoms. The number of hydrogen-bond donors (Lipinski definition) is 3. The van der Waals surface area contributed by atoms with Gasteiger partial charge in [0.15, 0.2) is 0 Å². The molecule has 1 aromatic carbocycles. The van der Waals surface area contributed by atoms with Crippen molar-refractivity contribution in [2.75, 3.05) is 0 Å². The first-order chi connectivity index (χ1) is 9.15. The van der Waals surface area contributed by atoms with Crippen LogP contribution in [0.2, 0.25) is 0 Å². The molecule has 4 nitrogen and oxygen atoms in total. The maximum absolute atomic E-state index is 12.8. The van der Waals surface area contributed by atoms with E-state index in [4.69, 9.17) is 0 Å². The molecule has 1 aromatic heterocycles. The molecule has 5 heteroatoms. The Hall–Kier alpha value is -1.72. The lowest BCUT2D eigenvalue weighted by atomic mass is 10.0. The fraction of sp³-hybridized carbons (Fsp3) is 0.357. The van der Waals surface area contributed by atoms with Crippen molar-refractivity contribution in [3.63, 3.8) is 0 Å². The number of hydrogen-bond acceptors (Lipinski definition) is 3. The van der Waals surface area contributed by atoms with E-state index < -0.39 is 6.10 Å². The average Bonchev–Trinajstić information content (AvgIpc) is 2.90. The highest BCUT2D eigenvalue weighted by atomic mass is 19.1. The lowest BCUT2D eigenvalue weighted by Gasteiger charge is -2.17. The summed E-state index contributed by atoms with van der Waals surface area (Å²) in [6.45, 7) is 2.62. The molecular formula is C14H18FN3O. The number of nitrogens with zero attached hydrogens (tertiary/aromatic N) is 1. The van der Waals surface area contributed by atoms with Crippen LogP contribution < -0.4 is 5.32 Å². The Balaban J connectivity index is 1.81. The van der Waals surface area contributed by atoms with Gasteiger partial charge in [-0.2, -0.15) is 0 Å². The highest BCUT2D eigenvalue weighted by molar-refractivity contribution is 5.18. The molecule has 3 N–H and O–H groups in total. The minimum Gasteiger partial charge on any atom is -0.388 e. The van der Waals surface area contributed by atoms with Crippen molar-refractivity contribution < 1.29 is 9.50 Å². The van der Waals surface area contributed by atoms with Crippen LogP contribution in [-0.2, 0) is 6.54 Å². The molecule has 2 aromatic rings. The Bertz CT molecular complexity index is 484. The highest BCUT2D eigenvalue weighted by Gasteiger charge is 2.12. The summed E-state index contributed by atoms with van der Waals surface area (Å²) < 4.78 is 12.8. The second-order valence-corrected chi connectivity index (χ2v) is 4.62. The summed E-state index contributed by atoms with van der Waals surface area (Å²) in [6.07, 6.45) is 3.44. The number of aliphatic hydroxyl groups is 1. The molecule has 0 aliphatic carbocycles. The number of aliphatic hydroxyl groups excluding tert-OH is 1. The van der Waals surface area contributed by atoms with Crippen molar-refractivity contribution in [3.8, 4) is 0 Å². The Morgan fingerprint density at radius 3 is 2.74 bits per heavy atom. The van der Waals surface area contributed by atoms with E-state index in [1.165, 1.54) is 12.1 Å². The molecule has 2 rings (SSSR count). The van der Waals surface area contributed by atoms with Crippen LogP contribution in [0.3, 0.4) is 0 Å². The molecule has 0 aliphatic heterocycles. The summed E-state index contributed by atoms with van der Waals surface area (Å²) in [6, 6.07) is 6.07. The van der Waals surface area contributed by atoms with Gasteiger partial charge in [-0.25, -0.2) is 9.37 Å². The lowest BCUT2D eigenvalue weighted by Crippen LogP contribution is -2.27. The molecule has 0 unspecified atom stereocenters. The predicted octanol–water partition coefficient (Wildman–Crippen LogP) is 2.15. The van der Waals surface area contributed by atoms with Gasteiger partial charge in [-0.15, -0.1) is 0 Å². The van der Waals surface area contributed by atoms with E-state index in [0.717, 1.165) is 11.4 Å². The summed E-state index contributed by atoms with van der Waals surface area (Å²) >= 11 is 0. The molecule has 102 valence electrons. The second-order valence-electron chi connectivity index (χ2n) is 4.62. The Morgan fingerprint density at radius 1 is 1.37 bits per heavy atom. The topological polar surface area (TPSA) is 60.9 Å². The van der Waals surface area contributed by atoms with Gasteiger partial charge in [0, 0.05) is 18.4 Å². The molecule has 0 aliphatic rings. The van der Waals surface area contributed by atoms with E-state index in [9.17, 15) is 9.50 Å². The summed E-state index contributed by atoms with van der Waals surface area (Å²) in [7, 11) is 0. The normalized spacial score (nSPS) is 14.3. The van der Waals surface area contributed by atoms with E-state index in [0.29, 0.717) is 13.0 Å². The molecule has 0 saturated heterocycles. The smallest absolute Gasteiger partial charge is 0.123 e. The van der Waals surface area contributed by atoms with E-state index in [2.05, 4.69) is 15.3 Å². The number of nitrogens with one attached hydrogen (secondary N) is 2. The molecule has 0 fully saturated rings. The highest BCUT2D eigenvalue weighted by Crippen LogP contribution is 2.18. The minimum absolute atomic E-state index is 0.130. The van der Waals surface area contributed by atoms with Gasteiger partial charge in [-0.3, -0.25) is 0 Å². The van der Waals surface area contributed by atoms with E-state index in [1.807, 2.05) is 6.92 Å². The van der Waals surface area contributed by atoms with Crippen LogP contribution >= 0.6 is 0 Å². The zero-order valence-corrected chi connectivity index (χ0v) is 10.8. The number of benzene rings is 1. The summed E-state index contributed by atoms with van der Waals surface area (Å²) in [4.78, 5) is 7.12. The maximum Gasteiger partial charge on any atom is 0.123 e. The van der Waals surface area contributed by atoms with Gasteiger partial charge >= 0.3 is 0 Å². The average molecular weight is 263 g/mol. The van der Waals surface area contributed by atoms with Crippen LogP contribution in [0.5, 0.6) is 0 Å². The van der Waals surface area contributed by atoms with Crippen LogP contribution in [-0.4, -0.2) is 21.1 Å². The van der Waals surface area contributed by atoms with Gasteiger partial charge in [0.05, 0.1) is 12.6 Å². The van der Waals surface area contributed by atoms with Crippen molar-refractivity contribution in [3.05, 3.63) is 53.9 Å². The first-order valence-electron chi connectivity index (χ1n) is 6.30. The third-order valence-electron chi connectivity index (χ3n) is 3.00. The van der Waals surface area contributed by atoms with Crippen molar-refractivity contribution >= 4 is 0 Å². The van der Waals surface area contributed by atoms with Crippen LogP contribution in [0.15, 0.2) is 36.7 Å². The number of rotatable bonds is 6. The lowest BCUT2D eigenvalue weighted by molar-refractivity contribution is 0.153. The van der Waals surface area contributed by atoms with E-state index in [1.54, 1.807) is 24.5 Å². The van der Waals surface area contributed by atoms with Gasteiger partial charge in [0.2, 0.25) is 0 Å². The predicted molar refractivity (Wildman–Crippen MR) is 70.9 cm³/mol. The number of halogens is 1. The molecule has 0 bridgehead atoms. The van der Waals surface area contributed by atoms with E-state index in [-0.39, 0.29) is 11.9 Å². The first kappa shape index (κ1) is 13.7. The number of imidazole rings is 1. The SMILES string of the molecule is C[C@H](C[C@@H](O)c1ccc(F)cc1)NCc1ncc[nH]1. The van der Waals surface area contributed by atoms with Gasteiger partial charge in [-0.05, 0) is 31.0 Å². The second kappa shape index (κ2) is 6.45. The zero-order chi connectivity index (χ0) is 13.7. The van der Waals surface area contributed by atoms with Crippen molar-refractivity contribution in [2.24, 2.45) is 0 Å². The van der Waals surface area contributed by atoms with Crippen LogP contribution in [0, 0.1) is 5.82 Å². The summed E-state index contributed by atoms with van der Waals surface area (Å²) in [5.41, 5.74) is 0.730. The molecule has 1 heterocycles. The van der Waals surface area contributed by atoms with E-state index >= 15 is 0 Å². The number of aromatic amines is 1. The molecule has 0 saturated carbocycles. The molecule has 0 radical (unpaired) electrons. The fourth-order valence-electron chi connectivity index (χ4n) is 1.90. The largest absolute Gasteiger partial charge is 0.388 e. The van der Waals surface area contributed by atoms with Crippen LogP contribution in [0.25, 0.3) is 0 Å². The summed E-state index contributed by atoms with van der Waals surface area (Å²) in [5, 5.41) is 13.3. The maximum atomic E-state index is 12.8. The van der Waals surface area contributed by atoms with Crippen molar-refractivity contribution in [2.45, 2.75) is 32.0 Å². The zero-order valence-electron chi connectivity index (χ0n) is 10.8. The Kier molecular flexibility index (Phi) is 4.65. The van der Waals surface area contributed by atoms with Crippen molar-refractivity contribution in [1.29, 1.82) is 0 Å². The van der Waals surface area contributed by atoms with Gasteiger partial charge in [-0.1, -0.05) is 12.1 Å². The van der Waals surface area contributed by atoms with Crippen LogP contribution in [0.1, 0.15) is 30.8 Å². The fourth-order valence-corrected chi connectivity index (χ4v) is 1.90. The Morgan fingerprint density at radius 2 is 2.11 bits per heavy atom. The van der Waals surface area contributed by atoms with Crippen LogP contribution in [0.4, 0.5) is 4.39 Å². The Labute approximate surface area is 111 Å². The number of H-pyrrole nitrogens is 1. The van der Waals surface area contributed by atoms with Gasteiger partial charge in [0.25, 0.3) is 0 Å². The van der Waals surface area contributed by atoms with Gasteiger partial charge < -0.3 is 15.4 Å². The molecule has 19 heavy (non-hydrogen) atoms.